The third-order valence-electron chi connectivity index (χ3n) is 3.12. The monoisotopic (exact) mass is 330 g/mol. The first-order valence-corrected chi connectivity index (χ1v) is 8.56. The molecule has 0 aliphatic carbocycles. The number of fused-ring (bicyclic) bond motifs is 1. The van der Waals surface area contributed by atoms with Crippen molar-refractivity contribution in [2.45, 2.75) is 11.9 Å². The fraction of sp³-hybridized carbons (Fsp3) is 0.188. The Labute approximate surface area is 136 Å². The maximum atomic E-state index is 12.1. The SMILES string of the molecule is COc1ccc2c(SCC(=O)c3cccs3)nc(C)nc2c1. The molecule has 2 heterocycles. The molecule has 6 heteroatoms. The van der Waals surface area contributed by atoms with Gasteiger partial charge in [0.2, 0.25) is 0 Å². The highest BCUT2D eigenvalue weighted by atomic mass is 32.2. The summed E-state index contributed by atoms with van der Waals surface area (Å²) in [5.41, 5.74) is 0.831. The highest BCUT2D eigenvalue weighted by molar-refractivity contribution is 8.00. The number of hydrogen-bond donors (Lipinski definition) is 0. The van der Waals surface area contributed by atoms with Crippen LogP contribution in [0.15, 0.2) is 40.7 Å². The molecule has 0 fully saturated rings. The number of aromatic nitrogens is 2. The summed E-state index contributed by atoms with van der Waals surface area (Å²) in [5, 5.41) is 3.68. The molecule has 1 aromatic carbocycles. The van der Waals surface area contributed by atoms with Crippen molar-refractivity contribution >= 4 is 39.8 Å². The van der Waals surface area contributed by atoms with E-state index in [2.05, 4.69) is 9.97 Å². The first-order chi connectivity index (χ1) is 10.7. The molecule has 22 heavy (non-hydrogen) atoms. The molecule has 0 amide bonds. The van der Waals surface area contributed by atoms with E-state index in [0.29, 0.717) is 11.6 Å². The number of thioether (sulfide) groups is 1. The van der Waals surface area contributed by atoms with Gasteiger partial charge in [0.25, 0.3) is 0 Å². The van der Waals surface area contributed by atoms with Gasteiger partial charge in [-0.15, -0.1) is 11.3 Å². The number of benzene rings is 1. The average molecular weight is 330 g/mol. The van der Waals surface area contributed by atoms with Crippen LogP contribution in [0, 0.1) is 6.92 Å². The Morgan fingerprint density at radius 3 is 2.91 bits per heavy atom. The number of rotatable bonds is 5. The molecule has 0 saturated heterocycles. The number of ether oxygens (including phenoxy) is 1. The summed E-state index contributed by atoms with van der Waals surface area (Å²) in [7, 11) is 1.63. The van der Waals surface area contributed by atoms with Gasteiger partial charge in [-0.1, -0.05) is 17.8 Å². The van der Waals surface area contributed by atoms with Crippen LogP contribution < -0.4 is 4.74 Å². The molecular formula is C16H14N2O2S2. The Morgan fingerprint density at radius 2 is 2.18 bits per heavy atom. The maximum absolute atomic E-state index is 12.1. The molecular weight excluding hydrogens is 316 g/mol. The van der Waals surface area contributed by atoms with E-state index in [4.69, 9.17) is 4.74 Å². The Hall–Kier alpha value is -1.92. The second-order valence-electron chi connectivity index (χ2n) is 4.65. The number of Topliss-reactive ketones (excluding diaryl/α,β-unsaturated/α-hetero) is 1. The fourth-order valence-electron chi connectivity index (χ4n) is 2.07. The van der Waals surface area contributed by atoms with E-state index >= 15 is 0 Å². The zero-order valence-corrected chi connectivity index (χ0v) is 13.8. The Kier molecular flexibility index (Phi) is 4.40. The van der Waals surface area contributed by atoms with Crippen molar-refractivity contribution in [3.05, 3.63) is 46.4 Å². The fourth-order valence-corrected chi connectivity index (χ4v) is 3.77. The van der Waals surface area contributed by atoms with Crippen molar-refractivity contribution in [2.75, 3.05) is 12.9 Å². The van der Waals surface area contributed by atoms with Crippen LogP contribution in [0.5, 0.6) is 5.75 Å². The highest BCUT2D eigenvalue weighted by Gasteiger charge is 2.12. The zero-order valence-electron chi connectivity index (χ0n) is 12.2. The molecule has 0 unspecified atom stereocenters. The Morgan fingerprint density at radius 1 is 1.32 bits per heavy atom. The zero-order chi connectivity index (χ0) is 15.5. The molecule has 3 aromatic rings. The van der Waals surface area contributed by atoms with Gasteiger partial charge in [-0.05, 0) is 30.5 Å². The van der Waals surface area contributed by atoms with E-state index in [9.17, 15) is 4.79 Å². The maximum Gasteiger partial charge on any atom is 0.183 e. The van der Waals surface area contributed by atoms with Crippen molar-refractivity contribution in [3.8, 4) is 5.75 Å². The van der Waals surface area contributed by atoms with Crippen LogP contribution in [0.25, 0.3) is 10.9 Å². The van der Waals surface area contributed by atoms with Gasteiger partial charge in [0.15, 0.2) is 5.78 Å². The smallest absolute Gasteiger partial charge is 0.183 e. The van der Waals surface area contributed by atoms with Gasteiger partial charge in [0.05, 0.1) is 23.3 Å². The summed E-state index contributed by atoms with van der Waals surface area (Å²) in [6, 6.07) is 9.44. The molecule has 0 radical (unpaired) electrons. The second kappa shape index (κ2) is 6.46. The van der Waals surface area contributed by atoms with Gasteiger partial charge in [0.1, 0.15) is 16.6 Å². The van der Waals surface area contributed by atoms with Gasteiger partial charge < -0.3 is 4.74 Å². The van der Waals surface area contributed by atoms with Crippen molar-refractivity contribution in [1.82, 2.24) is 9.97 Å². The number of methoxy groups -OCH3 is 1. The van der Waals surface area contributed by atoms with Crippen molar-refractivity contribution < 1.29 is 9.53 Å². The Bertz CT molecular complexity index is 816. The van der Waals surface area contributed by atoms with Crippen LogP contribution in [0.2, 0.25) is 0 Å². The van der Waals surface area contributed by atoms with Gasteiger partial charge in [-0.3, -0.25) is 4.79 Å². The van der Waals surface area contributed by atoms with E-state index in [1.54, 1.807) is 7.11 Å². The third kappa shape index (κ3) is 3.13. The lowest BCUT2D eigenvalue weighted by Gasteiger charge is -2.07. The molecule has 0 atom stereocenters. The van der Waals surface area contributed by atoms with Gasteiger partial charge in [0, 0.05) is 11.5 Å². The summed E-state index contributed by atoms with van der Waals surface area (Å²) < 4.78 is 5.23. The number of carbonyl (C=O) groups is 1. The molecule has 112 valence electrons. The van der Waals surface area contributed by atoms with Crippen molar-refractivity contribution in [3.63, 3.8) is 0 Å². The second-order valence-corrected chi connectivity index (χ2v) is 6.56. The minimum absolute atomic E-state index is 0.123. The van der Waals surface area contributed by atoms with Crippen LogP contribution in [-0.4, -0.2) is 28.6 Å². The number of aryl methyl sites for hydroxylation is 1. The third-order valence-corrected chi connectivity index (χ3v) is 5.02. The molecule has 0 N–H and O–H groups in total. The van der Waals surface area contributed by atoms with Gasteiger partial charge >= 0.3 is 0 Å². The molecule has 0 aliphatic heterocycles. The number of carbonyl (C=O) groups excluding carboxylic acids is 1. The predicted octanol–water partition coefficient (Wildman–Crippen LogP) is 3.98. The largest absolute Gasteiger partial charge is 0.497 e. The van der Waals surface area contributed by atoms with Crippen molar-refractivity contribution in [1.29, 1.82) is 0 Å². The van der Waals surface area contributed by atoms with E-state index in [1.807, 2.05) is 42.6 Å². The summed E-state index contributed by atoms with van der Waals surface area (Å²) in [4.78, 5) is 21.8. The van der Waals surface area contributed by atoms with E-state index in [-0.39, 0.29) is 5.78 Å². The number of thiophene rings is 1. The van der Waals surface area contributed by atoms with Crippen LogP contribution >= 0.6 is 23.1 Å². The molecule has 0 aliphatic rings. The lowest BCUT2D eigenvalue weighted by Crippen LogP contribution is -2.01. The Balaban J connectivity index is 1.88. The standard InChI is InChI=1S/C16H14N2O2S2/c1-10-17-13-8-11(20-2)5-6-12(13)16(18-10)22-9-14(19)15-4-3-7-21-15/h3-8H,9H2,1-2H3. The minimum Gasteiger partial charge on any atom is -0.497 e. The van der Waals surface area contributed by atoms with E-state index in [1.165, 1.54) is 23.1 Å². The topological polar surface area (TPSA) is 52.1 Å². The van der Waals surface area contributed by atoms with Crippen LogP contribution in [0.3, 0.4) is 0 Å². The molecule has 4 nitrogen and oxygen atoms in total. The quantitative estimate of drug-likeness (QED) is 0.402. The molecule has 0 bridgehead atoms. The van der Waals surface area contributed by atoms with Crippen LogP contribution in [0.4, 0.5) is 0 Å². The average Bonchev–Trinajstić information content (AvgIpc) is 3.05. The lowest BCUT2D eigenvalue weighted by atomic mass is 10.2. The van der Waals surface area contributed by atoms with E-state index < -0.39 is 0 Å². The number of hydrogen-bond acceptors (Lipinski definition) is 6. The molecule has 3 rings (SSSR count). The summed E-state index contributed by atoms with van der Waals surface area (Å²) in [6.45, 7) is 1.85. The number of ketones is 1. The summed E-state index contributed by atoms with van der Waals surface area (Å²) in [6.07, 6.45) is 0. The van der Waals surface area contributed by atoms with Gasteiger partial charge in [-0.2, -0.15) is 0 Å². The highest BCUT2D eigenvalue weighted by Crippen LogP contribution is 2.28. The molecule has 0 spiro atoms. The lowest BCUT2D eigenvalue weighted by molar-refractivity contribution is 0.102. The predicted molar refractivity (Wildman–Crippen MR) is 90.2 cm³/mol. The van der Waals surface area contributed by atoms with Crippen LogP contribution in [-0.2, 0) is 0 Å². The molecule has 2 aromatic heterocycles. The first kappa shape index (κ1) is 15.0. The van der Waals surface area contributed by atoms with Gasteiger partial charge in [-0.25, -0.2) is 9.97 Å². The molecule has 0 saturated carbocycles. The summed E-state index contributed by atoms with van der Waals surface area (Å²) in [5.74, 6) is 1.94. The van der Waals surface area contributed by atoms with Crippen LogP contribution in [0.1, 0.15) is 15.5 Å². The minimum atomic E-state index is 0.123. The van der Waals surface area contributed by atoms with E-state index in [0.717, 1.165) is 26.6 Å². The first-order valence-electron chi connectivity index (χ1n) is 6.69. The summed E-state index contributed by atoms with van der Waals surface area (Å²) >= 11 is 2.91. The normalized spacial score (nSPS) is 10.8. The number of nitrogens with zero attached hydrogens (tertiary/aromatic N) is 2. The van der Waals surface area contributed by atoms with Crippen molar-refractivity contribution in [2.24, 2.45) is 0 Å².